The van der Waals surface area contributed by atoms with E-state index in [1.54, 1.807) is 0 Å². The van der Waals surface area contributed by atoms with Gasteiger partial charge in [-0.3, -0.25) is 9.59 Å². The monoisotopic (exact) mass is 308 g/mol. The fraction of sp³-hybridized carbons (Fsp3) is 0.400. The number of esters is 1. The lowest BCUT2D eigenvalue weighted by molar-refractivity contribution is -0.143. The Kier molecular flexibility index (Phi) is 5.08. The Morgan fingerprint density at radius 2 is 2.09 bits per heavy atom. The Balaban J connectivity index is 1.94. The highest BCUT2D eigenvalue weighted by Gasteiger charge is 2.31. The second-order valence-corrected chi connectivity index (χ2v) is 5.09. The first kappa shape index (κ1) is 15.9. The van der Waals surface area contributed by atoms with Crippen LogP contribution in [0.5, 0.6) is 0 Å². The predicted octanol–water partition coefficient (Wildman–Crippen LogP) is 0.849. The van der Waals surface area contributed by atoms with Gasteiger partial charge in [-0.1, -0.05) is 6.07 Å². The van der Waals surface area contributed by atoms with Crippen LogP contribution in [0.2, 0.25) is 0 Å². The highest BCUT2D eigenvalue weighted by atomic mass is 19.1. The van der Waals surface area contributed by atoms with Crippen molar-refractivity contribution in [2.45, 2.75) is 25.3 Å². The van der Waals surface area contributed by atoms with E-state index < -0.39 is 36.2 Å². The Bertz CT molecular complexity index is 591. The van der Waals surface area contributed by atoms with Gasteiger partial charge in [0.1, 0.15) is 11.9 Å². The number of amides is 2. The molecule has 1 fully saturated rings. The van der Waals surface area contributed by atoms with Crippen molar-refractivity contribution in [3.63, 3.8) is 0 Å². The summed E-state index contributed by atoms with van der Waals surface area (Å²) in [7, 11) is 0. The molecular weight excluding hydrogens is 291 g/mol. The number of nitrogens with zero attached hydrogens (tertiary/aromatic N) is 1. The summed E-state index contributed by atoms with van der Waals surface area (Å²) < 4.78 is 17.9. The number of benzene rings is 1. The zero-order valence-corrected chi connectivity index (χ0v) is 12.0. The molecule has 0 radical (unpaired) electrons. The summed E-state index contributed by atoms with van der Waals surface area (Å²) in [5.41, 5.74) is 5.30. The van der Waals surface area contributed by atoms with Crippen molar-refractivity contribution in [1.29, 1.82) is 0 Å². The van der Waals surface area contributed by atoms with Gasteiger partial charge < -0.3 is 15.4 Å². The van der Waals surface area contributed by atoms with Crippen molar-refractivity contribution in [2.75, 3.05) is 13.2 Å². The molecule has 1 atom stereocenters. The lowest BCUT2D eigenvalue weighted by Crippen LogP contribution is -2.51. The van der Waals surface area contributed by atoms with Crippen LogP contribution in [0.4, 0.5) is 4.39 Å². The number of rotatable bonds is 4. The summed E-state index contributed by atoms with van der Waals surface area (Å²) in [6.45, 7) is -0.0942. The van der Waals surface area contributed by atoms with Gasteiger partial charge in [0.2, 0.25) is 5.91 Å². The van der Waals surface area contributed by atoms with Crippen molar-refractivity contribution >= 4 is 17.8 Å². The number of piperidine rings is 1. The summed E-state index contributed by atoms with van der Waals surface area (Å²) in [5.74, 6) is -2.40. The maximum Gasteiger partial charge on any atom is 0.338 e. The largest absolute Gasteiger partial charge is 0.452 e. The fourth-order valence-corrected chi connectivity index (χ4v) is 2.43. The van der Waals surface area contributed by atoms with Crippen LogP contribution in [-0.2, 0) is 14.3 Å². The number of likely N-dealkylation sites (tertiary alicyclic amines) is 1. The molecule has 1 saturated heterocycles. The zero-order valence-electron chi connectivity index (χ0n) is 12.0. The van der Waals surface area contributed by atoms with Crippen LogP contribution >= 0.6 is 0 Å². The van der Waals surface area contributed by atoms with Crippen LogP contribution in [0.25, 0.3) is 0 Å². The highest BCUT2D eigenvalue weighted by molar-refractivity contribution is 5.92. The molecule has 0 bridgehead atoms. The van der Waals surface area contributed by atoms with Crippen molar-refractivity contribution in [3.05, 3.63) is 35.6 Å². The molecule has 1 unspecified atom stereocenters. The van der Waals surface area contributed by atoms with Gasteiger partial charge in [-0.2, -0.15) is 0 Å². The standard InChI is InChI=1S/C15H17FN2O4/c16-11-5-3-4-10(8-11)15(21)22-9-13(19)18-7-2-1-6-12(18)14(17)20/h3-5,8,12H,1-2,6-7,9H2,(H2,17,20). The first-order chi connectivity index (χ1) is 10.5. The molecule has 1 aliphatic rings. The highest BCUT2D eigenvalue weighted by Crippen LogP contribution is 2.17. The van der Waals surface area contributed by atoms with Crippen LogP contribution in [0.1, 0.15) is 29.6 Å². The average Bonchev–Trinajstić information content (AvgIpc) is 2.52. The van der Waals surface area contributed by atoms with Crippen LogP contribution in [0.3, 0.4) is 0 Å². The molecule has 0 saturated carbocycles. The number of carbonyl (C=O) groups is 3. The van der Waals surface area contributed by atoms with Crippen LogP contribution in [0.15, 0.2) is 24.3 Å². The summed E-state index contributed by atoms with van der Waals surface area (Å²) in [6, 6.07) is 4.34. The predicted molar refractivity (Wildman–Crippen MR) is 75.2 cm³/mol. The van der Waals surface area contributed by atoms with Crippen LogP contribution in [-0.4, -0.2) is 41.9 Å². The summed E-state index contributed by atoms with van der Waals surface area (Å²) >= 11 is 0. The lowest BCUT2D eigenvalue weighted by Gasteiger charge is -2.33. The molecule has 2 rings (SSSR count). The number of ether oxygens (including phenoxy) is 1. The molecule has 6 nitrogen and oxygen atoms in total. The van der Waals surface area contributed by atoms with Crippen molar-refractivity contribution < 1.29 is 23.5 Å². The van der Waals surface area contributed by atoms with Gasteiger partial charge in [0.15, 0.2) is 6.61 Å². The second kappa shape index (κ2) is 7.02. The molecule has 1 aromatic carbocycles. The third-order valence-corrected chi connectivity index (χ3v) is 3.54. The summed E-state index contributed by atoms with van der Waals surface area (Å²) in [6.07, 6.45) is 2.10. The molecule has 0 spiro atoms. The molecule has 1 heterocycles. The second-order valence-electron chi connectivity index (χ2n) is 5.09. The number of nitrogens with two attached hydrogens (primary N) is 1. The topological polar surface area (TPSA) is 89.7 Å². The molecule has 2 amide bonds. The molecule has 2 N–H and O–H groups in total. The molecule has 1 aromatic rings. The van der Waals surface area contributed by atoms with Crippen LogP contribution in [0, 0.1) is 5.82 Å². The Morgan fingerprint density at radius 3 is 2.77 bits per heavy atom. The molecule has 7 heteroatoms. The number of hydrogen-bond donors (Lipinski definition) is 1. The lowest BCUT2D eigenvalue weighted by atomic mass is 10.0. The molecule has 0 aromatic heterocycles. The van der Waals surface area contributed by atoms with E-state index in [4.69, 9.17) is 10.5 Å². The minimum atomic E-state index is -0.791. The number of hydrogen-bond acceptors (Lipinski definition) is 4. The van der Waals surface area contributed by atoms with Gasteiger partial charge in [-0.15, -0.1) is 0 Å². The zero-order chi connectivity index (χ0) is 16.1. The minimum absolute atomic E-state index is 0.0258. The molecule has 22 heavy (non-hydrogen) atoms. The quantitative estimate of drug-likeness (QED) is 0.835. The smallest absolute Gasteiger partial charge is 0.338 e. The van der Waals surface area contributed by atoms with Gasteiger partial charge in [0, 0.05) is 6.54 Å². The van der Waals surface area contributed by atoms with E-state index in [1.165, 1.54) is 23.1 Å². The van der Waals surface area contributed by atoms with Crippen molar-refractivity contribution in [1.82, 2.24) is 4.90 Å². The first-order valence-electron chi connectivity index (χ1n) is 7.00. The van der Waals surface area contributed by atoms with Crippen molar-refractivity contribution in [2.24, 2.45) is 5.73 Å². The number of halogens is 1. The van der Waals surface area contributed by atoms with Crippen molar-refractivity contribution in [3.8, 4) is 0 Å². The summed E-state index contributed by atoms with van der Waals surface area (Å²) in [5, 5.41) is 0. The Labute approximate surface area is 127 Å². The van der Waals surface area contributed by atoms with Gasteiger partial charge in [-0.25, -0.2) is 9.18 Å². The average molecular weight is 308 g/mol. The van der Waals surface area contributed by atoms with Crippen LogP contribution < -0.4 is 5.73 Å². The van der Waals surface area contributed by atoms with Gasteiger partial charge in [-0.05, 0) is 37.5 Å². The molecule has 118 valence electrons. The molecule has 1 aliphatic heterocycles. The first-order valence-corrected chi connectivity index (χ1v) is 7.00. The van der Waals surface area contributed by atoms with E-state index in [9.17, 15) is 18.8 Å². The normalized spacial score (nSPS) is 17.9. The van der Waals surface area contributed by atoms with E-state index in [-0.39, 0.29) is 5.56 Å². The van der Waals surface area contributed by atoms with Gasteiger partial charge in [0.05, 0.1) is 5.56 Å². The van der Waals surface area contributed by atoms with E-state index in [1.807, 2.05) is 0 Å². The molecular formula is C15H17FN2O4. The van der Waals surface area contributed by atoms with E-state index >= 15 is 0 Å². The SMILES string of the molecule is NC(=O)C1CCCCN1C(=O)COC(=O)c1cccc(F)c1. The number of primary amides is 1. The third-order valence-electron chi connectivity index (χ3n) is 3.54. The maximum atomic E-state index is 13.0. The third kappa shape index (κ3) is 3.81. The van der Waals surface area contributed by atoms with E-state index in [0.717, 1.165) is 18.9 Å². The minimum Gasteiger partial charge on any atom is -0.452 e. The maximum absolute atomic E-state index is 13.0. The van der Waals surface area contributed by atoms with E-state index in [0.29, 0.717) is 13.0 Å². The molecule has 0 aliphatic carbocycles. The van der Waals surface area contributed by atoms with E-state index in [2.05, 4.69) is 0 Å². The number of carbonyl (C=O) groups excluding carboxylic acids is 3. The van der Waals surface area contributed by atoms with Gasteiger partial charge in [0.25, 0.3) is 5.91 Å². The fourth-order valence-electron chi connectivity index (χ4n) is 2.43. The van der Waals surface area contributed by atoms with Gasteiger partial charge >= 0.3 is 5.97 Å². The Morgan fingerprint density at radius 1 is 1.32 bits per heavy atom. The Hall–Kier alpha value is -2.44. The summed E-state index contributed by atoms with van der Waals surface area (Å²) in [4.78, 5) is 36.5.